The Kier molecular flexibility index (Phi) is 4.42. The summed E-state index contributed by atoms with van der Waals surface area (Å²) in [4.78, 5) is 1.85. The molecule has 2 aliphatic carbocycles. The number of hydrogen-bond donors (Lipinski definition) is 0. The van der Waals surface area contributed by atoms with Crippen molar-refractivity contribution < 1.29 is 8.78 Å². The quantitative estimate of drug-likeness (QED) is 0.655. The van der Waals surface area contributed by atoms with Crippen molar-refractivity contribution in [2.75, 3.05) is 25.5 Å². The normalized spacial score (nSPS) is 33.2. The molecule has 2 aliphatic rings. The second kappa shape index (κ2) is 5.63. The fourth-order valence-corrected chi connectivity index (χ4v) is 3.74. The molecule has 0 N–H and O–H groups in total. The van der Waals surface area contributed by atoms with Crippen molar-refractivity contribution in [3.8, 4) is 0 Å². The van der Waals surface area contributed by atoms with Gasteiger partial charge in [-0.1, -0.05) is 6.42 Å². The summed E-state index contributed by atoms with van der Waals surface area (Å²) >= 11 is 5.66. The van der Waals surface area contributed by atoms with E-state index in [1.54, 1.807) is 0 Å². The number of hydrogen-bond acceptors (Lipinski definition) is 1. The van der Waals surface area contributed by atoms with Gasteiger partial charge in [-0.25, -0.2) is 8.78 Å². The highest BCUT2D eigenvalue weighted by atomic mass is 35.5. The first kappa shape index (κ1) is 12.6. The van der Waals surface area contributed by atoms with Crippen LogP contribution < -0.4 is 0 Å². The van der Waals surface area contributed by atoms with E-state index in [9.17, 15) is 8.78 Å². The smallest absolute Gasteiger partial charge is 0.251 e. The Bertz CT molecular complexity index is 225. The standard InChI is InChI=1S/C12H20ClF2N/c13-3-4-16(8-12(14)15)7-11-6-9-1-2-10(11)5-9/h9-12H,1-8H2. The molecule has 0 aromatic rings. The second-order valence-corrected chi connectivity index (χ2v) is 5.65. The molecule has 94 valence electrons. The minimum atomic E-state index is -2.23. The molecule has 16 heavy (non-hydrogen) atoms. The number of alkyl halides is 3. The largest absolute Gasteiger partial charge is 0.296 e. The summed E-state index contributed by atoms with van der Waals surface area (Å²) in [5, 5.41) is 0. The number of fused-ring (bicyclic) bond motifs is 2. The van der Waals surface area contributed by atoms with Crippen LogP contribution in [0.4, 0.5) is 8.78 Å². The highest BCUT2D eigenvalue weighted by Crippen LogP contribution is 2.48. The second-order valence-electron chi connectivity index (χ2n) is 5.27. The predicted octanol–water partition coefficient (Wildman–Crippen LogP) is 3.23. The van der Waals surface area contributed by atoms with Crippen LogP contribution in [-0.4, -0.2) is 36.8 Å². The minimum Gasteiger partial charge on any atom is -0.296 e. The molecule has 0 aliphatic heterocycles. The van der Waals surface area contributed by atoms with Crippen LogP contribution in [0.5, 0.6) is 0 Å². The Balaban J connectivity index is 1.80. The molecule has 2 saturated carbocycles. The topological polar surface area (TPSA) is 3.24 Å². The van der Waals surface area contributed by atoms with Crippen LogP contribution in [0.25, 0.3) is 0 Å². The average molecular weight is 252 g/mol. The van der Waals surface area contributed by atoms with E-state index in [-0.39, 0.29) is 6.54 Å². The molecule has 0 saturated heterocycles. The average Bonchev–Trinajstić information content (AvgIpc) is 2.78. The summed E-state index contributed by atoms with van der Waals surface area (Å²) in [5.41, 5.74) is 0. The van der Waals surface area contributed by atoms with Crippen LogP contribution >= 0.6 is 11.6 Å². The lowest BCUT2D eigenvalue weighted by Gasteiger charge is -2.29. The third-order valence-electron chi connectivity index (χ3n) is 4.17. The van der Waals surface area contributed by atoms with E-state index < -0.39 is 6.43 Å². The maximum Gasteiger partial charge on any atom is 0.251 e. The first-order valence-electron chi connectivity index (χ1n) is 6.25. The van der Waals surface area contributed by atoms with Gasteiger partial charge in [0.1, 0.15) is 0 Å². The molecule has 2 fully saturated rings. The number of rotatable bonds is 6. The lowest BCUT2D eigenvalue weighted by atomic mass is 9.88. The highest BCUT2D eigenvalue weighted by Gasteiger charge is 2.39. The van der Waals surface area contributed by atoms with Crippen molar-refractivity contribution in [1.82, 2.24) is 4.90 Å². The Labute approximate surface area is 101 Å². The van der Waals surface area contributed by atoms with Gasteiger partial charge < -0.3 is 0 Å². The first-order chi connectivity index (χ1) is 7.69. The molecule has 0 aromatic carbocycles. The van der Waals surface area contributed by atoms with E-state index in [0.717, 1.165) is 18.4 Å². The maximum absolute atomic E-state index is 12.4. The molecule has 3 atom stereocenters. The van der Waals surface area contributed by atoms with Crippen molar-refractivity contribution >= 4 is 11.6 Å². The summed E-state index contributed by atoms with van der Waals surface area (Å²) in [7, 11) is 0. The lowest BCUT2D eigenvalue weighted by molar-refractivity contribution is 0.0769. The molecule has 2 bridgehead atoms. The summed E-state index contributed by atoms with van der Waals surface area (Å²) in [5.74, 6) is 2.80. The number of nitrogens with zero attached hydrogens (tertiary/aromatic N) is 1. The van der Waals surface area contributed by atoms with Crippen LogP contribution in [0.1, 0.15) is 25.7 Å². The van der Waals surface area contributed by atoms with Gasteiger partial charge in [-0.2, -0.15) is 0 Å². The first-order valence-corrected chi connectivity index (χ1v) is 6.79. The van der Waals surface area contributed by atoms with E-state index in [2.05, 4.69) is 0 Å². The molecule has 0 spiro atoms. The molecular weight excluding hydrogens is 232 g/mol. The zero-order valence-corrected chi connectivity index (χ0v) is 10.3. The predicted molar refractivity (Wildman–Crippen MR) is 62.1 cm³/mol. The summed E-state index contributed by atoms with van der Waals surface area (Å²) in [6.45, 7) is 1.32. The van der Waals surface area contributed by atoms with Gasteiger partial charge in [-0.15, -0.1) is 11.6 Å². The van der Waals surface area contributed by atoms with E-state index >= 15 is 0 Å². The molecule has 0 radical (unpaired) electrons. The van der Waals surface area contributed by atoms with Crippen molar-refractivity contribution in [3.63, 3.8) is 0 Å². The van der Waals surface area contributed by atoms with Gasteiger partial charge in [0, 0.05) is 19.0 Å². The molecular formula is C12H20ClF2N. The highest BCUT2D eigenvalue weighted by molar-refractivity contribution is 6.18. The van der Waals surface area contributed by atoms with Crippen LogP contribution in [0.15, 0.2) is 0 Å². The third kappa shape index (κ3) is 3.07. The summed E-state index contributed by atoms with van der Waals surface area (Å²) in [6.07, 6.45) is 3.05. The maximum atomic E-state index is 12.4. The van der Waals surface area contributed by atoms with E-state index in [1.165, 1.54) is 25.7 Å². The van der Waals surface area contributed by atoms with Crippen molar-refractivity contribution in [2.24, 2.45) is 17.8 Å². The van der Waals surface area contributed by atoms with Crippen molar-refractivity contribution in [2.45, 2.75) is 32.1 Å². The van der Waals surface area contributed by atoms with Gasteiger partial charge in [-0.05, 0) is 37.0 Å². The SMILES string of the molecule is FC(F)CN(CCCl)CC1CC2CCC1C2. The van der Waals surface area contributed by atoms with Crippen LogP contribution in [0.3, 0.4) is 0 Å². The minimum absolute atomic E-state index is 0.111. The molecule has 2 rings (SSSR count). The Morgan fingerprint density at radius 3 is 2.56 bits per heavy atom. The van der Waals surface area contributed by atoms with Gasteiger partial charge in [0.2, 0.25) is 0 Å². The van der Waals surface area contributed by atoms with Crippen LogP contribution in [0.2, 0.25) is 0 Å². The molecule has 0 heterocycles. The fourth-order valence-electron chi connectivity index (χ4n) is 3.50. The molecule has 1 nitrogen and oxygen atoms in total. The van der Waals surface area contributed by atoms with Gasteiger partial charge in [0.05, 0.1) is 6.54 Å². The van der Waals surface area contributed by atoms with E-state index in [0.29, 0.717) is 18.3 Å². The molecule has 0 aromatic heterocycles. The van der Waals surface area contributed by atoms with Gasteiger partial charge in [0.25, 0.3) is 6.43 Å². The van der Waals surface area contributed by atoms with Gasteiger partial charge in [-0.3, -0.25) is 4.90 Å². The molecule has 0 amide bonds. The lowest BCUT2D eigenvalue weighted by Crippen LogP contribution is -2.36. The summed E-state index contributed by atoms with van der Waals surface area (Å²) in [6, 6.07) is 0. The Morgan fingerprint density at radius 1 is 1.25 bits per heavy atom. The van der Waals surface area contributed by atoms with Crippen LogP contribution in [0, 0.1) is 17.8 Å². The zero-order chi connectivity index (χ0) is 11.5. The third-order valence-corrected chi connectivity index (χ3v) is 4.34. The van der Waals surface area contributed by atoms with E-state index in [1.807, 2.05) is 4.90 Å². The summed E-state index contributed by atoms with van der Waals surface area (Å²) < 4.78 is 24.8. The van der Waals surface area contributed by atoms with Crippen molar-refractivity contribution in [3.05, 3.63) is 0 Å². The van der Waals surface area contributed by atoms with Gasteiger partial charge in [0.15, 0.2) is 0 Å². The Hall–Kier alpha value is 0.110. The van der Waals surface area contributed by atoms with E-state index in [4.69, 9.17) is 11.6 Å². The van der Waals surface area contributed by atoms with Crippen LogP contribution in [-0.2, 0) is 0 Å². The zero-order valence-electron chi connectivity index (χ0n) is 9.55. The molecule has 3 unspecified atom stereocenters. The van der Waals surface area contributed by atoms with Gasteiger partial charge >= 0.3 is 0 Å². The fraction of sp³-hybridized carbons (Fsp3) is 1.00. The Morgan fingerprint density at radius 2 is 2.06 bits per heavy atom. The van der Waals surface area contributed by atoms with Crippen molar-refractivity contribution in [1.29, 1.82) is 0 Å². The number of halogens is 3. The monoisotopic (exact) mass is 251 g/mol. The molecule has 4 heteroatoms.